The lowest BCUT2D eigenvalue weighted by Crippen LogP contribution is -2.30. The maximum Gasteiger partial charge on any atom is 0.169 e. The van der Waals surface area contributed by atoms with Gasteiger partial charge in [-0.05, 0) is 24.4 Å². The molecule has 0 bridgehead atoms. The average molecular weight is 258 g/mol. The minimum absolute atomic E-state index is 0.159. The van der Waals surface area contributed by atoms with Crippen molar-refractivity contribution in [1.29, 1.82) is 5.41 Å². The molecule has 0 fully saturated rings. The number of rotatable bonds is 7. The molecule has 16 heavy (non-hydrogen) atoms. The van der Waals surface area contributed by atoms with Crippen LogP contribution in [0.5, 0.6) is 0 Å². The summed E-state index contributed by atoms with van der Waals surface area (Å²) in [5.41, 5.74) is 5.36. The van der Waals surface area contributed by atoms with Gasteiger partial charge in [0.25, 0.3) is 0 Å². The highest BCUT2D eigenvalue weighted by molar-refractivity contribution is 8.00. The molecule has 4 nitrogen and oxygen atoms in total. The number of aromatic nitrogens is 2. The van der Waals surface area contributed by atoms with E-state index in [1.165, 1.54) is 11.5 Å². The molecule has 1 heterocycles. The lowest BCUT2D eigenvalue weighted by molar-refractivity contribution is 0.448. The second-order valence-corrected chi connectivity index (χ2v) is 6.43. The second-order valence-electron chi connectivity index (χ2n) is 4.31. The smallest absolute Gasteiger partial charge is 0.169 e. The van der Waals surface area contributed by atoms with Gasteiger partial charge in [0.1, 0.15) is 6.33 Å². The van der Waals surface area contributed by atoms with Gasteiger partial charge in [-0.1, -0.05) is 32.0 Å². The van der Waals surface area contributed by atoms with Crippen molar-refractivity contribution in [2.45, 2.75) is 37.4 Å². The van der Waals surface area contributed by atoms with Gasteiger partial charge in [0.05, 0.1) is 5.84 Å². The predicted octanol–water partition coefficient (Wildman–Crippen LogP) is 2.76. The Morgan fingerprint density at radius 2 is 2.31 bits per heavy atom. The zero-order valence-corrected chi connectivity index (χ0v) is 11.3. The van der Waals surface area contributed by atoms with Crippen LogP contribution in [0.2, 0.25) is 0 Å². The predicted molar refractivity (Wildman–Crippen MR) is 70.2 cm³/mol. The van der Waals surface area contributed by atoms with Crippen molar-refractivity contribution in [2.75, 3.05) is 5.75 Å². The zero-order chi connectivity index (χ0) is 12.0. The molecule has 3 N–H and O–H groups in total. The van der Waals surface area contributed by atoms with Crippen molar-refractivity contribution in [2.24, 2.45) is 11.1 Å². The van der Waals surface area contributed by atoms with Gasteiger partial charge in [-0.15, -0.1) is 0 Å². The highest BCUT2D eigenvalue weighted by Gasteiger charge is 2.20. The Balaban J connectivity index is 2.10. The number of amidine groups is 1. The monoisotopic (exact) mass is 258 g/mol. The number of hydrogen-bond acceptors (Lipinski definition) is 5. The summed E-state index contributed by atoms with van der Waals surface area (Å²) in [5, 5.41) is 7.45. The van der Waals surface area contributed by atoms with Gasteiger partial charge in [-0.2, -0.15) is 4.37 Å². The molecule has 0 saturated carbocycles. The molecule has 0 unspecified atom stereocenters. The molecule has 1 rings (SSSR count). The van der Waals surface area contributed by atoms with Crippen LogP contribution in [0.1, 0.15) is 33.1 Å². The van der Waals surface area contributed by atoms with E-state index in [0.29, 0.717) is 0 Å². The van der Waals surface area contributed by atoms with Crippen molar-refractivity contribution in [3.8, 4) is 0 Å². The minimum atomic E-state index is -0.159. The van der Waals surface area contributed by atoms with Crippen LogP contribution >= 0.6 is 23.3 Å². The SMILES string of the molecule is CC(C)(CCCCSc1ncns1)C(=N)N. The van der Waals surface area contributed by atoms with Crippen LogP contribution in [0.15, 0.2) is 10.7 Å². The maximum absolute atomic E-state index is 7.45. The fourth-order valence-corrected chi connectivity index (χ4v) is 2.70. The number of nitrogens with zero attached hydrogens (tertiary/aromatic N) is 2. The highest BCUT2D eigenvalue weighted by atomic mass is 32.2. The van der Waals surface area contributed by atoms with Gasteiger partial charge in [0.2, 0.25) is 0 Å². The van der Waals surface area contributed by atoms with Crippen LogP contribution < -0.4 is 5.73 Å². The summed E-state index contributed by atoms with van der Waals surface area (Å²) >= 11 is 3.19. The van der Waals surface area contributed by atoms with E-state index in [-0.39, 0.29) is 11.3 Å². The summed E-state index contributed by atoms with van der Waals surface area (Å²) < 4.78 is 4.98. The van der Waals surface area contributed by atoms with Crippen molar-refractivity contribution < 1.29 is 0 Å². The molecular weight excluding hydrogens is 240 g/mol. The Kier molecular flexibility index (Phi) is 5.21. The highest BCUT2D eigenvalue weighted by Crippen LogP contribution is 2.25. The molecule has 0 aliphatic carbocycles. The largest absolute Gasteiger partial charge is 0.387 e. The number of thioether (sulfide) groups is 1. The van der Waals surface area contributed by atoms with Gasteiger partial charge in [-0.3, -0.25) is 5.41 Å². The number of nitrogens with one attached hydrogen (secondary N) is 1. The van der Waals surface area contributed by atoms with Crippen molar-refractivity contribution in [3.05, 3.63) is 6.33 Å². The third-order valence-electron chi connectivity index (χ3n) is 2.49. The molecule has 0 saturated heterocycles. The summed E-state index contributed by atoms with van der Waals surface area (Å²) in [6.07, 6.45) is 4.78. The Bertz CT molecular complexity index is 322. The molecule has 0 spiro atoms. The summed E-state index contributed by atoms with van der Waals surface area (Å²) in [6.45, 7) is 4.04. The van der Waals surface area contributed by atoms with Gasteiger partial charge >= 0.3 is 0 Å². The molecule has 0 aliphatic rings. The molecule has 6 heteroatoms. The van der Waals surface area contributed by atoms with Gasteiger partial charge < -0.3 is 5.73 Å². The van der Waals surface area contributed by atoms with Crippen LogP contribution in [0.3, 0.4) is 0 Å². The van der Waals surface area contributed by atoms with E-state index in [9.17, 15) is 0 Å². The van der Waals surface area contributed by atoms with E-state index < -0.39 is 0 Å². The van der Waals surface area contributed by atoms with E-state index in [4.69, 9.17) is 11.1 Å². The lowest BCUT2D eigenvalue weighted by Gasteiger charge is -2.22. The molecule has 1 aromatic heterocycles. The van der Waals surface area contributed by atoms with Crippen LogP contribution in [-0.4, -0.2) is 20.9 Å². The zero-order valence-electron chi connectivity index (χ0n) is 9.69. The Morgan fingerprint density at radius 1 is 1.56 bits per heavy atom. The summed E-state index contributed by atoms with van der Waals surface area (Å²) in [4.78, 5) is 4.11. The number of unbranched alkanes of at least 4 members (excludes halogenated alkanes) is 1. The molecular formula is C10H18N4S2. The van der Waals surface area contributed by atoms with E-state index >= 15 is 0 Å². The lowest BCUT2D eigenvalue weighted by atomic mass is 9.86. The average Bonchev–Trinajstić information content (AvgIpc) is 2.69. The summed E-state index contributed by atoms with van der Waals surface area (Å²) in [5.74, 6) is 1.34. The molecule has 0 aromatic carbocycles. The van der Waals surface area contributed by atoms with Crippen molar-refractivity contribution in [3.63, 3.8) is 0 Å². The number of nitrogens with two attached hydrogens (primary N) is 1. The molecule has 0 atom stereocenters. The molecule has 90 valence electrons. The first-order chi connectivity index (χ1) is 7.52. The van der Waals surface area contributed by atoms with E-state index in [1.54, 1.807) is 18.1 Å². The first-order valence-electron chi connectivity index (χ1n) is 5.26. The van der Waals surface area contributed by atoms with Crippen molar-refractivity contribution in [1.82, 2.24) is 9.36 Å². The normalized spacial score (nSPS) is 11.6. The van der Waals surface area contributed by atoms with E-state index in [2.05, 4.69) is 9.36 Å². The van der Waals surface area contributed by atoms with Crippen LogP contribution in [-0.2, 0) is 0 Å². The van der Waals surface area contributed by atoms with Crippen LogP contribution in [0, 0.1) is 10.8 Å². The molecule has 0 amide bonds. The Hall–Kier alpha value is -0.620. The second kappa shape index (κ2) is 6.20. The minimum Gasteiger partial charge on any atom is -0.387 e. The number of hydrogen-bond donors (Lipinski definition) is 2. The fourth-order valence-electron chi connectivity index (χ4n) is 1.19. The first-order valence-corrected chi connectivity index (χ1v) is 7.02. The van der Waals surface area contributed by atoms with Gasteiger partial charge in [0, 0.05) is 11.2 Å². The summed E-state index contributed by atoms with van der Waals surface area (Å²) in [7, 11) is 0. The third kappa shape index (κ3) is 4.49. The first kappa shape index (κ1) is 13.4. The molecule has 0 radical (unpaired) electrons. The van der Waals surface area contributed by atoms with E-state index in [0.717, 1.165) is 29.4 Å². The Morgan fingerprint density at radius 3 is 2.88 bits per heavy atom. The van der Waals surface area contributed by atoms with Crippen LogP contribution in [0.4, 0.5) is 0 Å². The van der Waals surface area contributed by atoms with Crippen molar-refractivity contribution >= 4 is 29.1 Å². The molecule has 1 aromatic rings. The summed E-state index contributed by atoms with van der Waals surface area (Å²) in [6, 6.07) is 0. The van der Waals surface area contributed by atoms with Gasteiger partial charge in [0.15, 0.2) is 4.34 Å². The fraction of sp³-hybridized carbons (Fsp3) is 0.700. The quantitative estimate of drug-likeness (QED) is 0.341. The standard InChI is InChI=1S/C10H18N4S2/c1-10(2,8(11)12)5-3-4-6-15-9-13-7-14-16-9/h7H,3-6H2,1-2H3,(H3,11,12). The van der Waals surface area contributed by atoms with Crippen LogP contribution in [0.25, 0.3) is 0 Å². The molecule has 0 aliphatic heterocycles. The Labute approximate surface area is 105 Å². The topological polar surface area (TPSA) is 75.7 Å². The van der Waals surface area contributed by atoms with Gasteiger partial charge in [-0.25, -0.2) is 4.98 Å². The third-order valence-corrected chi connectivity index (χ3v) is 4.38. The maximum atomic E-state index is 7.45. The van der Waals surface area contributed by atoms with E-state index in [1.807, 2.05) is 13.8 Å².